The summed E-state index contributed by atoms with van der Waals surface area (Å²) in [5.74, 6) is 0.776. The highest BCUT2D eigenvalue weighted by Crippen LogP contribution is 2.27. The fraction of sp³-hybridized carbons (Fsp3) is 0.115. The van der Waals surface area contributed by atoms with E-state index >= 15 is 0 Å². The summed E-state index contributed by atoms with van der Waals surface area (Å²) >= 11 is 12.7. The Hall–Kier alpha value is -2.81. The molecule has 0 aliphatic carbocycles. The number of methoxy groups -OCH3 is 1. The number of halogens is 2. The molecule has 0 unspecified atom stereocenters. The van der Waals surface area contributed by atoms with Crippen molar-refractivity contribution >= 4 is 39.6 Å². The van der Waals surface area contributed by atoms with Crippen LogP contribution < -0.4 is 4.74 Å². The highest BCUT2D eigenvalue weighted by Gasteiger charge is 2.12. The van der Waals surface area contributed by atoms with E-state index in [0.717, 1.165) is 16.9 Å². The summed E-state index contributed by atoms with van der Waals surface area (Å²) in [5.41, 5.74) is 4.22. The number of aryl methyl sites for hydroxylation is 1. The van der Waals surface area contributed by atoms with Gasteiger partial charge in [-0.2, -0.15) is 0 Å². The highest BCUT2D eigenvalue weighted by atomic mass is 35.5. The molecule has 0 aliphatic heterocycles. The lowest BCUT2D eigenvalue weighted by atomic mass is 10.0. The number of ether oxygens (including phenoxy) is 1. The minimum Gasteiger partial charge on any atom is -0.497 e. The minimum atomic E-state index is 0.312. The third kappa shape index (κ3) is 8.28. The van der Waals surface area contributed by atoms with Gasteiger partial charge in [0.25, 0.3) is 0 Å². The predicted molar refractivity (Wildman–Crippen MR) is 134 cm³/mol. The zero-order chi connectivity index (χ0) is 22.5. The van der Waals surface area contributed by atoms with Gasteiger partial charge in [0.15, 0.2) is 0 Å². The Labute approximate surface area is 190 Å². The zero-order valence-electron chi connectivity index (χ0n) is 17.7. The van der Waals surface area contributed by atoms with Crippen molar-refractivity contribution in [3.8, 4) is 5.75 Å². The third-order valence-corrected chi connectivity index (χ3v) is 4.39. The van der Waals surface area contributed by atoms with Gasteiger partial charge in [-0.25, -0.2) is 4.99 Å². The van der Waals surface area contributed by atoms with Crippen LogP contribution in [0.4, 0.5) is 0 Å². The second-order valence-electron chi connectivity index (χ2n) is 6.21. The predicted octanol–water partition coefficient (Wildman–Crippen LogP) is 8.20. The monoisotopic (exact) mass is 439 g/mol. The number of nitrogens with zero attached hydrogens (tertiary/aromatic N) is 1. The van der Waals surface area contributed by atoms with Gasteiger partial charge in [0.2, 0.25) is 0 Å². The Morgan fingerprint density at radius 2 is 1.40 bits per heavy atom. The molecule has 0 heterocycles. The Kier molecular flexibility index (Phi) is 11.3. The van der Waals surface area contributed by atoms with Crippen molar-refractivity contribution in [2.75, 3.05) is 7.11 Å². The van der Waals surface area contributed by atoms with Gasteiger partial charge in [-0.3, -0.25) is 0 Å². The van der Waals surface area contributed by atoms with Gasteiger partial charge >= 0.3 is 0 Å². The first-order valence-electron chi connectivity index (χ1n) is 9.25. The quantitative estimate of drug-likeness (QED) is 0.314. The first-order valence-corrected chi connectivity index (χ1v) is 10.0. The van der Waals surface area contributed by atoms with Crippen LogP contribution in [0.5, 0.6) is 5.75 Å². The van der Waals surface area contributed by atoms with Gasteiger partial charge in [-0.05, 0) is 49.2 Å². The molecule has 30 heavy (non-hydrogen) atoms. The van der Waals surface area contributed by atoms with Crippen molar-refractivity contribution in [1.82, 2.24) is 0 Å². The average molecular weight is 440 g/mol. The summed E-state index contributed by atoms with van der Waals surface area (Å²) in [6.07, 6.45) is 7.07. The lowest BCUT2D eigenvalue weighted by molar-refractivity contribution is 0.415. The van der Waals surface area contributed by atoms with Crippen molar-refractivity contribution < 1.29 is 4.74 Å². The summed E-state index contributed by atoms with van der Waals surface area (Å²) in [7, 11) is 1.63. The van der Waals surface area contributed by atoms with E-state index < -0.39 is 0 Å². The lowest BCUT2D eigenvalue weighted by Crippen LogP contribution is -1.97. The smallest absolute Gasteiger partial charge is 0.138 e. The first kappa shape index (κ1) is 25.2. The summed E-state index contributed by atoms with van der Waals surface area (Å²) in [5, 5.41) is 0.891. The van der Waals surface area contributed by atoms with Crippen LogP contribution in [0.2, 0.25) is 0 Å². The van der Waals surface area contributed by atoms with E-state index in [9.17, 15) is 0 Å². The molecule has 0 aliphatic rings. The first-order chi connectivity index (χ1) is 14.3. The Morgan fingerprint density at radius 3 is 1.83 bits per heavy atom. The molecular formula is C26H27Cl2NO. The largest absolute Gasteiger partial charge is 0.497 e. The van der Waals surface area contributed by atoms with E-state index in [1.165, 1.54) is 5.56 Å². The zero-order valence-corrected chi connectivity index (χ0v) is 19.2. The van der Waals surface area contributed by atoms with Gasteiger partial charge in [0, 0.05) is 10.6 Å². The molecule has 0 atom stereocenters. The van der Waals surface area contributed by atoms with E-state index in [2.05, 4.69) is 24.7 Å². The van der Waals surface area contributed by atoms with Crippen LogP contribution in [0, 0.1) is 6.92 Å². The van der Waals surface area contributed by atoms with Crippen molar-refractivity contribution in [3.05, 3.63) is 114 Å². The van der Waals surface area contributed by atoms with Gasteiger partial charge in [-0.15, -0.1) is 0 Å². The summed E-state index contributed by atoms with van der Waals surface area (Å²) < 4.78 is 5.15. The van der Waals surface area contributed by atoms with Crippen LogP contribution >= 0.6 is 23.2 Å². The van der Waals surface area contributed by atoms with Gasteiger partial charge in [0.1, 0.15) is 10.9 Å². The van der Waals surface area contributed by atoms with E-state index in [4.69, 9.17) is 27.9 Å². The maximum Gasteiger partial charge on any atom is 0.138 e. The van der Waals surface area contributed by atoms with Crippen molar-refractivity contribution in [3.63, 3.8) is 0 Å². The second-order valence-corrected chi connectivity index (χ2v) is 7.13. The number of allylic oxidation sites excluding steroid dienone is 6. The van der Waals surface area contributed by atoms with Crippen LogP contribution in [-0.4, -0.2) is 12.3 Å². The van der Waals surface area contributed by atoms with Gasteiger partial charge in [0.05, 0.1) is 12.8 Å². The van der Waals surface area contributed by atoms with Crippen LogP contribution in [0.15, 0.2) is 103 Å². The van der Waals surface area contributed by atoms with E-state index in [1.54, 1.807) is 26.2 Å². The molecule has 2 nitrogen and oxygen atoms in total. The van der Waals surface area contributed by atoms with Crippen molar-refractivity contribution in [2.45, 2.75) is 13.8 Å². The topological polar surface area (TPSA) is 21.6 Å². The molecule has 0 N–H and O–H groups in total. The molecule has 0 spiro atoms. The van der Waals surface area contributed by atoms with Crippen LogP contribution in [0.25, 0.3) is 11.3 Å². The van der Waals surface area contributed by atoms with Crippen molar-refractivity contribution in [2.24, 2.45) is 4.99 Å². The van der Waals surface area contributed by atoms with Crippen molar-refractivity contribution in [1.29, 1.82) is 0 Å². The number of rotatable bonds is 7. The molecule has 0 amide bonds. The Bertz CT molecular complexity index is 936. The number of hydrogen-bond donors (Lipinski definition) is 0. The summed E-state index contributed by atoms with van der Waals surface area (Å²) in [4.78, 5) is 4.43. The Balaban J connectivity index is 0.000000656. The normalized spacial score (nSPS) is 11.8. The molecule has 4 heteroatoms. The van der Waals surface area contributed by atoms with Gasteiger partial charge < -0.3 is 4.74 Å². The average Bonchev–Trinajstić information content (AvgIpc) is 2.74. The maximum atomic E-state index is 6.44. The number of aliphatic imine (C=N–C) groups is 1. The molecule has 0 saturated heterocycles. The molecule has 156 valence electrons. The molecule has 0 saturated carbocycles. The third-order valence-electron chi connectivity index (χ3n) is 3.93. The fourth-order valence-electron chi connectivity index (χ4n) is 2.36. The number of hydrogen-bond acceptors (Lipinski definition) is 2. The molecule has 0 bridgehead atoms. The molecular weight excluding hydrogens is 413 g/mol. The Morgan fingerprint density at radius 1 is 0.900 bits per heavy atom. The standard InChI is InChI=1S/C20H19Cl2NO.C6H8/c1-13-5-7-17(8-6-13)19(14(2)21)20(22)23-15(3)16-9-11-18(24-4)12-10-16;1-3-5-6-4-2/h5-12H,3H2,1-2,4H3;3-6H,1-2H2/b19-14+,23-20?;6-5-. The summed E-state index contributed by atoms with van der Waals surface area (Å²) in [6, 6.07) is 15.5. The maximum absolute atomic E-state index is 6.44. The van der Waals surface area contributed by atoms with Crippen LogP contribution in [0.1, 0.15) is 23.6 Å². The highest BCUT2D eigenvalue weighted by molar-refractivity contribution is 6.77. The van der Waals surface area contributed by atoms with Crippen LogP contribution in [-0.2, 0) is 0 Å². The minimum absolute atomic E-state index is 0.312. The van der Waals surface area contributed by atoms with E-state index in [-0.39, 0.29) is 0 Å². The molecule has 0 aromatic heterocycles. The molecule has 0 radical (unpaired) electrons. The molecule has 2 rings (SSSR count). The van der Waals surface area contributed by atoms with Crippen LogP contribution in [0.3, 0.4) is 0 Å². The SMILES string of the molecule is C=C(N=C(Cl)/C(=C(\C)Cl)c1ccc(C)cc1)c1ccc(OC)cc1.C=C/C=C\C=C. The lowest BCUT2D eigenvalue weighted by Gasteiger charge is -2.09. The molecule has 2 aromatic carbocycles. The van der Waals surface area contributed by atoms with E-state index in [0.29, 0.717) is 21.5 Å². The fourth-order valence-corrected chi connectivity index (χ4v) is 2.96. The summed E-state index contributed by atoms with van der Waals surface area (Å²) in [6.45, 7) is 14.7. The van der Waals surface area contributed by atoms with Gasteiger partial charge in [-0.1, -0.05) is 97.1 Å². The second kappa shape index (κ2) is 13.4. The number of benzene rings is 2. The molecule has 0 fully saturated rings. The molecule has 2 aromatic rings. The van der Waals surface area contributed by atoms with E-state index in [1.807, 2.05) is 67.6 Å².